The van der Waals surface area contributed by atoms with Crippen molar-refractivity contribution in [2.45, 2.75) is 24.5 Å². The third-order valence-electron chi connectivity index (χ3n) is 3.36. The minimum absolute atomic E-state index is 0.0781. The molecule has 3 heterocycles. The van der Waals surface area contributed by atoms with Crippen molar-refractivity contribution in [3.63, 3.8) is 0 Å². The molecule has 4 N–H and O–H groups in total. The molecule has 1 fully saturated rings. The Morgan fingerprint density at radius 1 is 1.43 bits per heavy atom. The lowest BCUT2D eigenvalue weighted by molar-refractivity contribution is -0.0580. The van der Waals surface area contributed by atoms with Crippen LogP contribution in [0.2, 0.25) is 0 Å². The van der Waals surface area contributed by atoms with Crippen LogP contribution in [0.25, 0.3) is 11.2 Å². The van der Waals surface area contributed by atoms with Gasteiger partial charge in [0, 0.05) is 7.11 Å². The number of aliphatic hydroxyl groups excluding tert-OH is 2. The van der Waals surface area contributed by atoms with Gasteiger partial charge in [0.05, 0.1) is 12.9 Å². The number of hydrogen-bond donors (Lipinski definition) is 3. The first kappa shape index (κ1) is 14.1. The fourth-order valence-electron chi connectivity index (χ4n) is 2.36. The Hall–Kier alpha value is -1.88. The van der Waals surface area contributed by atoms with Crippen LogP contribution in [0.15, 0.2) is 6.33 Å². The van der Waals surface area contributed by atoms with Crippen LogP contribution in [0.4, 0.5) is 10.2 Å². The Balaban J connectivity index is 2.01. The molecule has 0 spiro atoms. The SMILES string of the molecule is COC[C@H]1O[C@@H](n2cnc3c(N)nc(F)nc32)C(O)C1O. The molecular weight excluding hydrogens is 285 g/mol. The summed E-state index contributed by atoms with van der Waals surface area (Å²) in [6, 6.07) is 0. The zero-order chi connectivity index (χ0) is 15.1. The maximum Gasteiger partial charge on any atom is 0.312 e. The number of fused-ring (bicyclic) bond motifs is 1. The molecule has 4 atom stereocenters. The minimum Gasteiger partial charge on any atom is -0.387 e. The molecule has 2 aromatic heterocycles. The van der Waals surface area contributed by atoms with Gasteiger partial charge >= 0.3 is 6.08 Å². The summed E-state index contributed by atoms with van der Waals surface area (Å²) in [5, 5.41) is 20.0. The van der Waals surface area contributed by atoms with Crippen LogP contribution in [0.5, 0.6) is 0 Å². The molecule has 10 heteroatoms. The first-order valence-electron chi connectivity index (χ1n) is 6.19. The topological polar surface area (TPSA) is 129 Å². The Labute approximate surface area is 118 Å². The van der Waals surface area contributed by atoms with Crippen molar-refractivity contribution in [2.24, 2.45) is 0 Å². The number of anilines is 1. The summed E-state index contributed by atoms with van der Waals surface area (Å²) < 4.78 is 25.0. The fraction of sp³-hybridized carbons (Fsp3) is 0.545. The molecule has 0 radical (unpaired) electrons. The van der Waals surface area contributed by atoms with Crippen LogP contribution in [-0.4, -0.2) is 61.8 Å². The van der Waals surface area contributed by atoms with Crippen molar-refractivity contribution < 1.29 is 24.1 Å². The minimum atomic E-state index is -1.23. The second-order valence-corrected chi connectivity index (χ2v) is 4.70. The van der Waals surface area contributed by atoms with E-state index in [4.69, 9.17) is 15.2 Å². The number of halogens is 1. The molecule has 0 saturated carbocycles. The van der Waals surface area contributed by atoms with Gasteiger partial charge in [-0.25, -0.2) is 4.98 Å². The number of hydrogen-bond acceptors (Lipinski definition) is 8. The third kappa shape index (κ3) is 2.21. The molecule has 114 valence electrons. The van der Waals surface area contributed by atoms with Crippen molar-refractivity contribution in [3.05, 3.63) is 12.4 Å². The van der Waals surface area contributed by atoms with Crippen LogP contribution in [0.3, 0.4) is 0 Å². The number of aromatic nitrogens is 4. The highest BCUT2D eigenvalue weighted by Crippen LogP contribution is 2.32. The molecule has 1 aliphatic rings. The normalized spacial score (nSPS) is 29.3. The van der Waals surface area contributed by atoms with E-state index >= 15 is 0 Å². The van der Waals surface area contributed by atoms with Gasteiger partial charge in [-0.2, -0.15) is 14.4 Å². The van der Waals surface area contributed by atoms with Crippen molar-refractivity contribution in [1.29, 1.82) is 0 Å². The first-order valence-corrected chi connectivity index (χ1v) is 6.19. The van der Waals surface area contributed by atoms with Gasteiger partial charge in [0.1, 0.15) is 18.3 Å². The van der Waals surface area contributed by atoms with Crippen molar-refractivity contribution >= 4 is 17.0 Å². The molecule has 0 bridgehead atoms. The highest BCUT2D eigenvalue weighted by Gasteiger charge is 2.44. The fourth-order valence-corrected chi connectivity index (χ4v) is 2.36. The second kappa shape index (κ2) is 5.15. The Morgan fingerprint density at radius 3 is 2.90 bits per heavy atom. The van der Waals surface area contributed by atoms with E-state index in [2.05, 4.69) is 15.0 Å². The van der Waals surface area contributed by atoms with Crippen LogP contribution < -0.4 is 5.73 Å². The number of imidazole rings is 1. The van der Waals surface area contributed by atoms with Gasteiger partial charge in [0.15, 0.2) is 23.2 Å². The van der Waals surface area contributed by atoms with E-state index in [0.717, 1.165) is 0 Å². The number of methoxy groups -OCH3 is 1. The smallest absolute Gasteiger partial charge is 0.312 e. The molecule has 1 aliphatic heterocycles. The van der Waals surface area contributed by atoms with E-state index in [1.165, 1.54) is 18.0 Å². The van der Waals surface area contributed by atoms with Crippen LogP contribution in [-0.2, 0) is 9.47 Å². The zero-order valence-corrected chi connectivity index (χ0v) is 11.0. The number of aliphatic hydroxyl groups is 2. The highest BCUT2D eigenvalue weighted by atomic mass is 19.1. The predicted octanol–water partition coefficient (Wildman–Crippen LogP) is -1.19. The molecule has 2 unspecified atom stereocenters. The molecular formula is C11H14FN5O4. The Morgan fingerprint density at radius 2 is 2.19 bits per heavy atom. The van der Waals surface area contributed by atoms with Gasteiger partial charge in [-0.05, 0) is 0 Å². The lowest BCUT2D eigenvalue weighted by atomic mass is 10.1. The number of nitrogens with zero attached hydrogens (tertiary/aromatic N) is 4. The monoisotopic (exact) mass is 299 g/mol. The third-order valence-corrected chi connectivity index (χ3v) is 3.36. The molecule has 0 aromatic carbocycles. The summed E-state index contributed by atoms with van der Waals surface area (Å²) in [7, 11) is 1.45. The average molecular weight is 299 g/mol. The Kier molecular flexibility index (Phi) is 3.45. The standard InChI is InChI=1S/C11H14FN5O4/c1-20-2-4-6(18)7(19)10(21-4)17-3-14-5-8(13)15-11(12)16-9(5)17/h3-4,6-7,10,18-19H,2H2,1H3,(H2,13,15,16)/t4-,6?,7?,10-/m1/s1. The average Bonchev–Trinajstić information content (AvgIpc) is 2.96. The molecule has 1 saturated heterocycles. The van der Waals surface area contributed by atoms with E-state index in [1.807, 2.05) is 0 Å². The van der Waals surface area contributed by atoms with Crippen molar-refractivity contribution in [2.75, 3.05) is 19.5 Å². The molecule has 3 rings (SSSR count). The van der Waals surface area contributed by atoms with Gasteiger partial charge in [-0.15, -0.1) is 0 Å². The molecule has 0 amide bonds. The highest BCUT2D eigenvalue weighted by molar-refractivity contribution is 5.81. The summed E-state index contributed by atoms with van der Waals surface area (Å²) in [6.07, 6.45) is -3.78. The number of ether oxygens (including phenoxy) is 2. The van der Waals surface area contributed by atoms with Crippen molar-refractivity contribution in [3.8, 4) is 0 Å². The largest absolute Gasteiger partial charge is 0.387 e. The number of rotatable bonds is 3. The van der Waals surface area contributed by atoms with Crippen LogP contribution >= 0.6 is 0 Å². The zero-order valence-electron chi connectivity index (χ0n) is 11.0. The van der Waals surface area contributed by atoms with Gasteiger partial charge < -0.3 is 25.4 Å². The van der Waals surface area contributed by atoms with E-state index in [0.29, 0.717) is 0 Å². The van der Waals surface area contributed by atoms with Gasteiger partial charge in [-0.3, -0.25) is 4.57 Å². The lowest BCUT2D eigenvalue weighted by Gasteiger charge is -2.16. The summed E-state index contributed by atoms with van der Waals surface area (Å²) in [5.41, 5.74) is 5.84. The molecule has 2 aromatic rings. The Bertz CT molecular complexity index is 665. The molecule has 9 nitrogen and oxygen atoms in total. The summed E-state index contributed by atoms with van der Waals surface area (Å²) in [6.45, 7) is 0.104. The summed E-state index contributed by atoms with van der Waals surface area (Å²) in [5.74, 6) is -0.113. The van der Waals surface area contributed by atoms with Gasteiger partial charge in [-0.1, -0.05) is 0 Å². The summed E-state index contributed by atoms with van der Waals surface area (Å²) >= 11 is 0. The molecule has 21 heavy (non-hydrogen) atoms. The number of nitrogen functional groups attached to an aromatic ring is 1. The van der Waals surface area contributed by atoms with E-state index < -0.39 is 30.6 Å². The molecule has 0 aliphatic carbocycles. The number of nitrogens with two attached hydrogens (primary N) is 1. The van der Waals surface area contributed by atoms with E-state index in [-0.39, 0.29) is 23.6 Å². The van der Waals surface area contributed by atoms with Crippen molar-refractivity contribution in [1.82, 2.24) is 19.5 Å². The van der Waals surface area contributed by atoms with Gasteiger partial charge in [0.25, 0.3) is 0 Å². The summed E-state index contributed by atoms with van der Waals surface area (Å²) in [4.78, 5) is 11.0. The van der Waals surface area contributed by atoms with Crippen LogP contribution in [0, 0.1) is 6.08 Å². The predicted molar refractivity (Wildman–Crippen MR) is 67.5 cm³/mol. The second-order valence-electron chi connectivity index (χ2n) is 4.70. The quantitative estimate of drug-likeness (QED) is 0.604. The van der Waals surface area contributed by atoms with Crippen LogP contribution in [0.1, 0.15) is 6.23 Å². The van der Waals surface area contributed by atoms with E-state index in [9.17, 15) is 14.6 Å². The van der Waals surface area contributed by atoms with Gasteiger partial charge in [0.2, 0.25) is 0 Å². The van der Waals surface area contributed by atoms with E-state index in [1.54, 1.807) is 0 Å². The maximum atomic E-state index is 13.3. The maximum absolute atomic E-state index is 13.3. The first-order chi connectivity index (χ1) is 10.0. The lowest BCUT2D eigenvalue weighted by Crippen LogP contribution is -2.33.